The molecule has 0 heterocycles. The molecule has 2 unspecified atom stereocenters. The van der Waals surface area contributed by atoms with Crippen LogP contribution in [0.4, 0.5) is 0 Å². The number of benzene rings is 1. The van der Waals surface area contributed by atoms with Gasteiger partial charge in [-0.1, -0.05) is 26.0 Å². The van der Waals surface area contributed by atoms with Gasteiger partial charge in [-0.2, -0.15) is 0 Å². The molecule has 1 aromatic rings. The van der Waals surface area contributed by atoms with Crippen LogP contribution in [0.25, 0.3) is 0 Å². The molecule has 0 spiro atoms. The molecule has 92 valence electrons. The van der Waals surface area contributed by atoms with Crippen molar-refractivity contribution in [2.24, 2.45) is 5.41 Å². The first-order valence-electron chi connectivity index (χ1n) is 6.38. The van der Waals surface area contributed by atoms with Gasteiger partial charge in [0.25, 0.3) is 0 Å². The van der Waals surface area contributed by atoms with E-state index >= 15 is 0 Å². The Morgan fingerprint density at radius 2 is 1.94 bits per heavy atom. The minimum absolute atomic E-state index is 0.146. The van der Waals surface area contributed by atoms with E-state index in [2.05, 4.69) is 26.0 Å². The van der Waals surface area contributed by atoms with E-state index in [0.717, 1.165) is 12.2 Å². The molecule has 1 aliphatic rings. The lowest BCUT2D eigenvalue weighted by molar-refractivity contribution is -0.139. The van der Waals surface area contributed by atoms with Gasteiger partial charge in [-0.25, -0.2) is 0 Å². The normalized spacial score (nSPS) is 27.7. The lowest BCUT2D eigenvalue weighted by Gasteiger charge is -2.45. The molecule has 2 nitrogen and oxygen atoms in total. The van der Waals surface area contributed by atoms with Crippen molar-refractivity contribution in [3.8, 4) is 5.75 Å². The third-order valence-electron chi connectivity index (χ3n) is 4.12. The summed E-state index contributed by atoms with van der Waals surface area (Å²) in [6, 6.07) is 8.18. The van der Waals surface area contributed by atoms with Gasteiger partial charge >= 0.3 is 0 Å². The van der Waals surface area contributed by atoms with Crippen LogP contribution in [0.5, 0.6) is 5.75 Å². The van der Waals surface area contributed by atoms with E-state index in [1.807, 2.05) is 19.1 Å². The van der Waals surface area contributed by atoms with Crippen molar-refractivity contribution in [1.82, 2.24) is 0 Å². The van der Waals surface area contributed by atoms with Gasteiger partial charge in [-0.05, 0) is 31.0 Å². The predicted octanol–water partition coefficient (Wildman–Crippen LogP) is 3.56. The van der Waals surface area contributed by atoms with Gasteiger partial charge in [-0.15, -0.1) is 0 Å². The predicted molar refractivity (Wildman–Crippen MR) is 68.4 cm³/mol. The second-order valence-electron chi connectivity index (χ2n) is 4.95. The minimum atomic E-state index is -0.146. The molecule has 0 aromatic heterocycles. The second-order valence-corrected chi connectivity index (χ2v) is 4.95. The van der Waals surface area contributed by atoms with Crippen molar-refractivity contribution in [2.45, 2.75) is 39.5 Å². The van der Waals surface area contributed by atoms with Gasteiger partial charge in [0.1, 0.15) is 11.5 Å². The third-order valence-corrected chi connectivity index (χ3v) is 4.12. The number of hydrogen-bond donors (Lipinski definition) is 0. The Morgan fingerprint density at radius 1 is 1.29 bits per heavy atom. The SMILES string of the molecule is CCOc1ccc(C2CC(=O)C2(C)CC)cc1. The Kier molecular flexibility index (Phi) is 3.23. The summed E-state index contributed by atoms with van der Waals surface area (Å²) in [6.45, 7) is 6.85. The summed E-state index contributed by atoms with van der Waals surface area (Å²) < 4.78 is 5.42. The second kappa shape index (κ2) is 4.52. The summed E-state index contributed by atoms with van der Waals surface area (Å²) in [7, 11) is 0. The number of hydrogen-bond acceptors (Lipinski definition) is 2. The van der Waals surface area contributed by atoms with Crippen LogP contribution in [0.1, 0.15) is 45.1 Å². The average Bonchev–Trinajstić information content (AvgIpc) is 2.36. The number of ketones is 1. The molecule has 0 N–H and O–H groups in total. The highest BCUT2D eigenvalue weighted by molar-refractivity contribution is 5.93. The molecule has 1 fully saturated rings. The Balaban J connectivity index is 2.16. The van der Waals surface area contributed by atoms with Crippen molar-refractivity contribution >= 4 is 5.78 Å². The number of Topliss-reactive ketones (excluding diaryl/α,β-unsaturated/α-hetero) is 1. The summed E-state index contributed by atoms with van der Waals surface area (Å²) in [5.74, 6) is 1.69. The van der Waals surface area contributed by atoms with Gasteiger partial charge in [0, 0.05) is 17.8 Å². The number of rotatable bonds is 4. The first-order valence-corrected chi connectivity index (χ1v) is 6.38. The molecule has 0 radical (unpaired) electrons. The van der Waals surface area contributed by atoms with Crippen LogP contribution in [-0.4, -0.2) is 12.4 Å². The van der Waals surface area contributed by atoms with Crippen molar-refractivity contribution < 1.29 is 9.53 Å². The van der Waals surface area contributed by atoms with Crippen LogP contribution in [0.3, 0.4) is 0 Å². The zero-order valence-electron chi connectivity index (χ0n) is 10.8. The Morgan fingerprint density at radius 3 is 2.41 bits per heavy atom. The summed E-state index contributed by atoms with van der Waals surface area (Å²) >= 11 is 0. The van der Waals surface area contributed by atoms with Crippen LogP contribution < -0.4 is 4.74 Å². The van der Waals surface area contributed by atoms with Crippen molar-refractivity contribution in [3.05, 3.63) is 29.8 Å². The van der Waals surface area contributed by atoms with E-state index in [1.165, 1.54) is 5.56 Å². The van der Waals surface area contributed by atoms with Crippen molar-refractivity contribution in [3.63, 3.8) is 0 Å². The molecular weight excluding hydrogens is 212 g/mol. The van der Waals surface area contributed by atoms with Gasteiger partial charge in [0.15, 0.2) is 0 Å². The number of carbonyl (C=O) groups is 1. The van der Waals surface area contributed by atoms with E-state index in [4.69, 9.17) is 4.74 Å². The minimum Gasteiger partial charge on any atom is -0.494 e. The van der Waals surface area contributed by atoms with E-state index in [9.17, 15) is 4.79 Å². The highest BCUT2D eigenvalue weighted by Gasteiger charge is 2.49. The Bertz CT molecular complexity index is 407. The molecule has 0 saturated heterocycles. The first kappa shape index (κ1) is 12.2. The van der Waals surface area contributed by atoms with Crippen LogP contribution in [0.2, 0.25) is 0 Å². The van der Waals surface area contributed by atoms with Crippen LogP contribution in [0, 0.1) is 5.41 Å². The largest absolute Gasteiger partial charge is 0.494 e. The van der Waals surface area contributed by atoms with Crippen molar-refractivity contribution in [1.29, 1.82) is 0 Å². The zero-order valence-corrected chi connectivity index (χ0v) is 10.8. The average molecular weight is 232 g/mol. The molecule has 0 amide bonds. The van der Waals surface area contributed by atoms with E-state index in [1.54, 1.807) is 0 Å². The van der Waals surface area contributed by atoms with Crippen LogP contribution in [0.15, 0.2) is 24.3 Å². The summed E-state index contributed by atoms with van der Waals surface area (Å²) in [6.07, 6.45) is 1.61. The third kappa shape index (κ3) is 1.97. The molecule has 0 bridgehead atoms. The summed E-state index contributed by atoms with van der Waals surface area (Å²) in [5, 5.41) is 0. The highest BCUT2D eigenvalue weighted by Crippen LogP contribution is 2.51. The zero-order chi connectivity index (χ0) is 12.5. The maximum Gasteiger partial charge on any atom is 0.140 e. The Hall–Kier alpha value is -1.31. The van der Waals surface area contributed by atoms with Crippen molar-refractivity contribution in [2.75, 3.05) is 6.61 Å². The molecular formula is C15H20O2. The van der Waals surface area contributed by atoms with Crippen LogP contribution >= 0.6 is 0 Å². The quantitative estimate of drug-likeness (QED) is 0.793. The van der Waals surface area contributed by atoms with Gasteiger partial charge in [0.2, 0.25) is 0 Å². The molecule has 1 aromatic carbocycles. The molecule has 17 heavy (non-hydrogen) atoms. The molecule has 0 aliphatic heterocycles. The molecule has 2 atom stereocenters. The standard InChI is InChI=1S/C15H20O2/c1-4-15(3)13(10-14(15)16)11-6-8-12(9-7-11)17-5-2/h6-9,13H,4-5,10H2,1-3H3. The fourth-order valence-electron chi connectivity index (χ4n) is 2.60. The smallest absolute Gasteiger partial charge is 0.140 e. The lowest BCUT2D eigenvalue weighted by atomic mass is 9.56. The molecule has 1 aliphatic carbocycles. The Labute approximate surface area is 103 Å². The fraction of sp³-hybridized carbons (Fsp3) is 0.533. The van der Waals surface area contributed by atoms with E-state index in [0.29, 0.717) is 24.7 Å². The molecule has 1 saturated carbocycles. The molecule has 2 heteroatoms. The van der Waals surface area contributed by atoms with Crippen LogP contribution in [-0.2, 0) is 4.79 Å². The maximum absolute atomic E-state index is 11.7. The monoisotopic (exact) mass is 232 g/mol. The topological polar surface area (TPSA) is 26.3 Å². The van der Waals surface area contributed by atoms with Gasteiger partial charge in [-0.3, -0.25) is 4.79 Å². The summed E-state index contributed by atoms with van der Waals surface area (Å²) in [5.41, 5.74) is 1.12. The van der Waals surface area contributed by atoms with Gasteiger partial charge in [0.05, 0.1) is 6.61 Å². The lowest BCUT2D eigenvalue weighted by Crippen LogP contribution is -2.45. The highest BCUT2D eigenvalue weighted by atomic mass is 16.5. The first-order chi connectivity index (χ1) is 8.11. The molecule has 2 rings (SSSR count). The van der Waals surface area contributed by atoms with E-state index in [-0.39, 0.29) is 5.41 Å². The number of carbonyl (C=O) groups excluding carboxylic acids is 1. The fourth-order valence-corrected chi connectivity index (χ4v) is 2.60. The number of ether oxygens (including phenoxy) is 1. The van der Waals surface area contributed by atoms with E-state index < -0.39 is 0 Å². The van der Waals surface area contributed by atoms with Gasteiger partial charge < -0.3 is 4.74 Å². The summed E-state index contributed by atoms with van der Waals surface area (Å²) in [4.78, 5) is 11.7. The maximum atomic E-state index is 11.7.